The van der Waals surface area contributed by atoms with Crippen molar-refractivity contribution < 1.29 is 9.31 Å². The molecule has 1 aromatic heterocycles. The van der Waals surface area contributed by atoms with Gasteiger partial charge >= 0.3 is 7.12 Å². The van der Waals surface area contributed by atoms with E-state index in [4.69, 9.17) is 20.9 Å². The van der Waals surface area contributed by atoms with E-state index >= 15 is 0 Å². The van der Waals surface area contributed by atoms with E-state index in [2.05, 4.69) is 22.0 Å². The maximum absolute atomic E-state index is 6.20. The molecular formula is C19H24BClN2O2. The lowest BCUT2D eigenvalue weighted by atomic mass is 9.79. The highest BCUT2D eigenvalue weighted by Crippen LogP contribution is 2.37. The molecule has 0 unspecified atom stereocenters. The van der Waals surface area contributed by atoms with Crippen LogP contribution in [0.5, 0.6) is 0 Å². The van der Waals surface area contributed by atoms with Crippen LogP contribution in [0.15, 0.2) is 42.5 Å². The van der Waals surface area contributed by atoms with Gasteiger partial charge in [-0.25, -0.2) is 4.98 Å². The highest BCUT2D eigenvalue weighted by molar-refractivity contribution is 6.63. The van der Waals surface area contributed by atoms with Crippen LogP contribution in [0.2, 0.25) is 5.15 Å². The summed E-state index contributed by atoms with van der Waals surface area (Å²) >= 11 is 6.16. The van der Waals surface area contributed by atoms with Gasteiger partial charge in [-0.2, -0.15) is 0 Å². The molecule has 1 aliphatic heterocycles. The topological polar surface area (TPSA) is 34.6 Å². The Bertz CT molecular complexity index is 736. The van der Waals surface area contributed by atoms with Crippen LogP contribution < -0.4 is 10.4 Å². The minimum atomic E-state index is -0.469. The molecule has 3 rings (SSSR count). The van der Waals surface area contributed by atoms with Crippen molar-refractivity contribution >= 4 is 30.0 Å². The second-order valence-corrected chi connectivity index (χ2v) is 7.86. The monoisotopic (exact) mass is 358 g/mol. The van der Waals surface area contributed by atoms with Gasteiger partial charge < -0.3 is 14.2 Å². The van der Waals surface area contributed by atoms with Crippen LogP contribution in [0.4, 0.5) is 5.82 Å². The highest BCUT2D eigenvalue weighted by Gasteiger charge is 2.52. The van der Waals surface area contributed by atoms with Crippen molar-refractivity contribution in [1.82, 2.24) is 4.98 Å². The van der Waals surface area contributed by atoms with Crippen molar-refractivity contribution in [3.05, 3.63) is 53.2 Å². The molecule has 2 aromatic rings. The molecule has 1 fully saturated rings. The van der Waals surface area contributed by atoms with Gasteiger partial charge in [-0.15, -0.1) is 0 Å². The van der Waals surface area contributed by atoms with E-state index in [-0.39, 0.29) is 0 Å². The van der Waals surface area contributed by atoms with Crippen LogP contribution in [-0.4, -0.2) is 30.4 Å². The van der Waals surface area contributed by atoms with Gasteiger partial charge in [-0.3, -0.25) is 0 Å². The van der Waals surface area contributed by atoms with Crippen molar-refractivity contribution in [3.8, 4) is 0 Å². The molecule has 1 aromatic carbocycles. The van der Waals surface area contributed by atoms with E-state index in [1.54, 1.807) is 6.07 Å². The average molecular weight is 359 g/mol. The summed E-state index contributed by atoms with van der Waals surface area (Å²) in [7, 11) is 1.53. The van der Waals surface area contributed by atoms with E-state index in [1.165, 1.54) is 5.56 Å². The molecule has 0 saturated carbocycles. The lowest BCUT2D eigenvalue weighted by Crippen LogP contribution is -2.41. The van der Waals surface area contributed by atoms with Crippen molar-refractivity contribution in [2.45, 2.75) is 45.4 Å². The minimum Gasteiger partial charge on any atom is -0.399 e. The molecule has 1 aliphatic rings. The highest BCUT2D eigenvalue weighted by atomic mass is 35.5. The predicted molar refractivity (Wildman–Crippen MR) is 104 cm³/mol. The first-order valence-corrected chi connectivity index (χ1v) is 8.84. The number of benzene rings is 1. The summed E-state index contributed by atoms with van der Waals surface area (Å²) < 4.78 is 12.4. The summed E-state index contributed by atoms with van der Waals surface area (Å²) in [6, 6.07) is 14.0. The SMILES string of the molecule is CN(Cc1ccccc1)c1nc(Cl)ccc1B1OC(C)(C)C(C)(C)O1. The number of pyridine rings is 1. The second kappa shape index (κ2) is 6.63. The second-order valence-electron chi connectivity index (χ2n) is 7.48. The van der Waals surface area contributed by atoms with Gasteiger partial charge in [0.05, 0.1) is 11.2 Å². The first-order chi connectivity index (χ1) is 11.7. The molecule has 4 nitrogen and oxygen atoms in total. The Balaban J connectivity index is 1.91. The van der Waals surface area contributed by atoms with Crippen molar-refractivity contribution in [2.24, 2.45) is 0 Å². The Kier molecular flexibility index (Phi) is 4.84. The average Bonchev–Trinajstić information content (AvgIpc) is 2.76. The molecule has 0 radical (unpaired) electrons. The van der Waals surface area contributed by atoms with Crippen molar-refractivity contribution in [2.75, 3.05) is 11.9 Å². The summed E-state index contributed by atoms with van der Waals surface area (Å²) in [5.74, 6) is 0.773. The van der Waals surface area contributed by atoms with Crippen LogP contribution in [0.1, 0.15) is 33.3 Å². The van der Waals surface area contributed by atoms with Crippen LogP contribution in [0.3, 0.4) is 0 Å². The first kappa shape index (κ1) is 18.2. The van der Waals surface area contributed by atoms with E-state index in [1.807, 2.05) is 59.0 Å². The van der Waals surface area contributed by atoms with Gasteiger partial charge in [0.25, 0.3) is 0 Å². The molecule has 6 heteroatoms. The van der Waals surface area contributed by atoms with Crippen LogP contribution in [0, 0.1) is 0 Å². The fourth-order valence-electron chi connectivity index (χ4n) is 2.83. The van der Waals surface area contributed by atoms with Gasteiger partial charge in [-0.1, -0.05) is 48.0 Å². The van der Waals surface area contributed by atoms with Gasteiger partial charge in [0, 0.05) is 19.1 Å². The number of halogens is 1. The molecule has 132 valence electrons. The lowest BCUT2D eigenvalue weighted by Gasteiger charge is -2.32. The number of aromatic nitrogens is 1. The lowest BCUT2D eigenvalue weighted by molar-refractivity contribution is 0.00578. The fraction of sp³-hybridized carbons (Fsp3) is 0.421. The Morgan fingerprint density at radius 2 is 1.60 bits per heavy atom. The first-order valence-electron chi connectivity index (χ1n) is 8.47. The molecule has 0 amide bonds. The van der Waals surface area contributed by atoms with E-state index in [0.29, 0.717) is 5.15 Å². The third kappa shape index (κ3) is 3.69. The van der Waals surface area contributed by atoms with Crippen LogP contribution in [0.25, 0.3) is 0 Å². The molecule has 0 N–H and O–H groups in total. The number of rotatable bonds is 4. The maximum atomic E-state index is 6.20. The largest absolute Gasteiger partial charge is 0.498 e. The quantitative estimate of drug-likeness (QED) is 0.617. The molecule has 25 heavy (non-hydrogen) atoms. The fourth-order valence-corrected chi connectivity index (χ4v) is 2.97. The standard InChI is InChI=1S/C19H24BClN2O2/c1-18(2)19(3,4)25-20(24-18)15-11-12-16(21)22-17(15)23(5)13-14-9-7-6-8-10-14/h6-12H,13H2,1-5H3. The van der Waals surface area contributed by atoms with E-state index in [9.17, 15) is 0 Å². The van der Waals surface area contributed by atoms with Gasteiger partial charge in [0.15, 0.2) is 0 Å². The molecule has 0 aliphatic carbocycles. The van der Waals surface area contributed by atoms with E-state index < -0.39 is 18.3 Å². The molecule has 0 spiro atoms. The molecule has 0 atom stereocenters. The van der Waals surface area contributed by atoms with Gasteiger partial charge in [-0.05, 0) is 39.3 Å². The zero-order valence-electron chi connectivity index (χ0n) is 15.4. The smallest absolute Gasteiger partial charge is 0.399 e. The van der Waals surface area contributed by atoms with Crippen LogP contribution >= 0.6 is 11.6 Å². The molecule has 0 bridgehead atoms. The summed E-state index contributed by atoms with van der Waals surface area (Å²) in [5.41, 5.74) is 1.30. The van der Waals surface area contributed by atoms with E-state index in [0.717, 1.165) is 17.8 Å². The summed E-state index contributed by atoms with van der Waals surface area (Å²) in [6.07, 6.45) is 0. The number of nitrogens with zero attached hydrogens (tertiary/aromatic N) is 2. The predicted octanol–water partition coefficient (Wildman–Crippen LogP) is 3.67. The Labute approximate surface area is 155 Å². The maximum Gasteiger partial charge on any atom is 0.498 e. The number of anilines is 1. The zero-order chi connectivity index (χ0) is 18.2. The van der Waals surface area contributed by atoms with Crippen molar-refractivity contribution in [3.63, 3.8) is 0 Å². The van der Waals surface area contributed by atoms with Gasteiger partial charge in [0.2, 0.25) is 0 Å². The third-order valence-corrected chi connectivity index (χ3v) is 5.21. The molecule has 2 heterocycles. The Morgan fingerprint density at radius 1 is 1.00 bits per heavy atom. The molecular weight excluding hydrogens is 334 g/mol. The van der Waals surface area contributed by atoms with Crippen molar-refractivity contribution in [1.29, 1.82) is 0 Å². The summed E-state index contributed by atoms with van der Waals surface area (Å²) in [6.45, 7) is 8.90. The van der Waals surface area contributed by atoms with Crippen LogP contribution in [-0.2, 0) is 15.9 Å². The number of hydrogen-bond acceptors (Lipinski definition) is 4. The number of hydrogen-bond donors (Lipinski definition) is 0. The Morgan fingerprint density at radius 3 is 2.20 bits per heavy atom. The summed E-state index contributed by atoms with van der Waals surface area (Å²) in [5, 5.41) is 0.454. The van der Waals surface area contributed by atoms with Gasteiger partial charge in [0.1, 0.15) is 11.0 Å². The molecule has 1 saturated heterocycles. The summed E-state index contributed by atoms with van der Waals surface area (Å²) in [4.78, 5) is 6.61. The zero-order valence-corrected chi connectivity index (χ0v) is 16.2. The third-order valence-electron chi connectivity index (χ3n) is 5.00. The minimum absolute atomic E-state index is 0.396. The Hall–Kier alpha value is -1.56. The normalized spacial score (nSPS) is 18.4.